The minimum atomic E-state index is 0.0342. The van der Waals surface area contributed by atoms with Crippen molar-refractivity contribution in [2.45, 2.75) is 45.1 Å². The van der Waals surface area contributed by atoms with Crippen molar-refractivity contribution in [3.8, 4) is 11.1 Å². The summed E-state index contributed by atoms with van der Waals surface area (Å²) >= 11 is 0. The summed E-state index contributed by atoms with van der Waals surface area (Å²) in [5, 5.41) is 0. The number of ketones is 1. The fourth-order valence-electron chi connectivity index (χ4n) is 5.53. The molecule has 4 heteroatoms. The third kappa shape index (κ3) is 6.69. The van der Waals surface area contributed by atoms with E-state index in [0.717, 1.165) is 53.6 Å². The lowest BCUT2D eigenvalue weighted by Crippen LogP contribution is -2.36. The second-order valence-electron chi connectivity index (χ2n) is 11.0. The van der Waals surface area contributed by atoms with Crippen molar-refractivity contribution in [3.05, 3.63) is 120 Å². The summed E-state index contributed by atoms with van der Waals surface area (Å²) in [5.74, 6) is 0.255. The Morgan fingerprint density at radius 2 is 1.32 bits per heavy atom. The zero-order valence-corrected chi connectivity index (χ0v) is 23.6. The van der Waals surface area contributed by atoms with Crippen LogP contribution in [-0.4, -0.2) is 25.8 Å². The molecule has 0 heterocycles. The lowest BCUT2D eigenvalue weighted by molar-refractivity contribution is -0.123. The van der Waals surface area contributed by atoms with Crippen molar-refractivity contribution in [3.63, 3.8) is 0 Å². The first kappa shape index (κ1) is 27.4. The van der Waals surface area contributed by atoms with Gasteiger partial charge in [-0.05, 0) is 59.4 Å². The first-order valence-corrected chi connectivity index (χ1v) is 14.3. The van der Waals surface area contributed by atoms with E-state index in [4.69, 9.17) is 0 Å². The van der Waals surface area contributed by atoms with Crippen molar-refractivity contribution in [2.24, 2.45) is 5.92 Å². The van der Waals surface area contributed by atoms with Crippen molar-refractivity contribution >= 4 is 23.1 Å². The van der Waals surface area contributed by atoms with Gasteiger partial charge < -0.3 is 9.80 Å². The van der Waals surface area contributed by atoms with Crippen LogP contribution in [0.1, 0.15) is 53.6 Å². The topological polar surface area (TPSA) is 40.6 Å². The molecule has 0 spiro atoms. The summed E-state index contributed by atoms with van der Waals surface area (Å²) in [7, 11) is 4.08. The lowest BCUT2D eigenvalue weighted by atomic mass is 9.88. The molecule has 40 heavy (non-hydrogen) atoms. The summed E-state index contributed by atoms with van der Waals surface area (Å²) in [6.45, 7) is 0.478. The van der Waals surface area contributed by atoms with Crippen LogP contribution < -0.4 is 9.80 Å². The largest absolute Gasteiger partial charge is 0.378 e. The highest BCUT2D eigenvalue weighted by molar-refractivity contribution is 6.00. The Morgan fingerprint density at radius 3 is 1.98 bits per heavy atom. The number of anilines is 2. The molecular formula is C36H38N2O2. The van der Waals surface area contributed by atoms with Crippen LogP contribution in [0.4, 0.5) is 11.4 Å². The number of hydrogen-bond acceptors (Lipinski definition) is 3. The molecule has 5 rings (SSSR count). The van der Waals surface area contributed by atoms with Gasteiger partial charge in [0.2, 0.25) is 5.91 Å². The molecule has 1 aliphatic carbocycles. The second kappa shape index (κ2) is 12.8. The normalized spacial score (nSPS) is 13.6. The third-order valence-corrected chi connectivity index (χ3v) is 7.92. The number of carbonyl (C=O) groups excluding carboxylic acids is 2. The maximum absolute atomic E-state index is 13.9. The fraction of sp³-hybridized carbons (Fsp3) is 0.278. The summed E-state index contributed by atoms with van der Waals surface area (Å²) in [4.78, 5) is 31.0. The van der Waals surface area contributed by atoms with E-state index in [-0.39, 0.29) is 17.6 Å². The molecule has 204 valence electrons. The molecule has 0 radical (unpaired) electrons. The minimum absolute atomic E-state index is 0.0342. The Hall–Kier alpha value is -4.18. The minimum Gasteiger partial charge on any atom is -0.378 e. The standard InChI is InChI=1S/C36H38N2O2/c1-37(2)33-22-20-30(21-23-33)29-18-16-28(17-19-29)26-38(36(40)31-12-7-4-8-13-31)34-15-9-14-32(25-34)35(39)24-27-10-5-3-6-11-27/h3,5-6,9-11,14-23,25,31H,4,7-8,12-13,24,26H2,1-2H3. The van der Waals surface area contributed by atoms with Gasteiger partial charge in [-0.25, -0.2) is 0 Å². The molecule has 1 aliphatic rings. The van der Waals surface area contributed by atoms with Crippen LogP contribution >= 0.6 is 0 Å². The van der Waals surface area contributed by atoms with Crippen molar-refractivity contribution in [1.82, 2.24) is 0 Å². The van der Waals surface area contributed by atoms with Crippen LogP contribution in [0, 0.1) is 5.92 Å². The fourth-order valence-corrected chi connectivity index (χ4v) is 5.53. The molecule has 4 nitrogen and oxygen atoms in total. The third-order valence-electron chi connectivity index (χ3n) is 7.92. The Balaban J connectivity index is 1.39. The van der Waals surface area contributed by atoms with E-state index < -0.39 is 0 Å². The highest BCUT2D eigenvalue weighted by Crippen LogP contribution is 2.30. The summed E-state index contributed by atoms with van der Waals surface area (Å²) < 4.78 is 0. The van der Waals surface area contributed by atoms with Crippen molar-refractivity contribution in [2.75, 3.05) is 23.9 Å². The average Bonchev–Trinajstić information content (AvgIpc) is 3.01. The number of amides is 1. The van der Waals surface area contributed by atoms with Gasteiger partial charge in [0, 0.05) is 43.4 Å². The van der Waals surface area contributed by atoms with Gasteiger partial charge in [-0.2, -0.15) is 0 Å². The first-order valence-electron chi connectivity index (χ1n) is 14.3. The van der Waals surface area contributed by atoms with Gasteiger partial charge in [-0.3, -0.25) is 9.59 Å². The van der Waals surface area contributed by atoms with E-state index in [1.807, 2.05) is 73.6 Å². The number of hydrogen-bond donors (Lipinski definition) is 0. The Bertz CT molecular complexity index is 1420. The summed E-state index contributed by atoms with van der Waals surface area (Å²) in [6.07, 6.45) is 5.61. The molecule has 1 fully saturated rings. The zero-order chi connectivity index (χ0) is 27.9. The van der Waals surface area contributed by atoms with Crippen LogP contribution in [0.5, 0.6) is 0 Å². The van der Waals surface area contributed by atoms with Crippen LogP contribution in [0.15, 0.2) is 103 Å². The van der Waals surface area contributed by atoms with E-state index in [2.05, 4.69) is 53.4 Å². The monoisotopic (exact) mass is 530 g/mol. The van der Waals surface area contributed by atoms with Crippen molar-refractivity contribution < 1.29 is 9.59 Å². The molecule has 4 aromatic rings. The van der Waals surface area contributed by atoms with Gasteiger partial charge in [0.05, 0.1) is 6.54 Å². The van der Waals surface area contributed by atoms with E-state index in [1.165, 1.54) is 12.1 Å². The predicted octanol–water partition coefficient (Wildman–Crippen LogP) is 7.96. The van der Waals surface area contributed by atoms with Gasteiger partial charge >= 0.3 is 0 Å². The van der Waals surface area contributed by atoms with Crippen LogP contribution in [-0.2, 0) is 17.8 Å². The van der Waals surface area contributed by atoms with Crippen LogP contribution in [0.25, 0.3) is 11.1 Å². The van der Waals surface area contributed by atoms with Gasteiger partial charge in [-0.1, -0.05) is 98.1 Å². The molecule has 0 N–H and O–H groups in total. The van der Waals surface area contributed by atoms with E-state index in [9.17, 15) is 9.59 Å². The highest BCUT2D eigenvalue weighted by atomic mass is 16.2. The van der Waals surface area contributed by atoms with E-state index in [0.29, 0.717) is 18.5 Å². The van der Waals surface area contributed by atoms with Crippen LogP contribution in [0.2, 0.25) is 0 Å². The molecule has 0 saturated heterocycles. The molecule has 4 aromatic carbocycles. The smallest absolute Gasteiger partial charge is 0.230 e. The molecular weight excluding hydrogens is 492 g/mol. The van der Waals surface area contributed by atoms with Crippen molar-refractivity contribution in [1.29, 1.82) is 0 Å². The quantitative estimate of drug-likeness (QED) is 0.206. The molecule has 1 saturated carbocycles. The summed E-state index contributed by atoms with van der Waals surface area (Å²) in [6, 6.07) is 34.4. The number of nitrogens with zero attached hydrogens (tertiary/aromatic N) is 2. The van der Waals surface area contributed by atoms with E-state index >= 15 is 0 Å². The SMILES string of the molecule is CN(C)c1ccc(-c2ccc(CN(C(=O)C3CCCCC3)c3cccc(C(=O)Cc4ccccc4)c3)cc2)cc1. The second-order valence-corrected chi connectivity index (χ2v) is 11.0. The van der Waals surface area contributed by atoms with E-state index in [1.54, 1.807) is 0 Å². The van der Waals surface area contributed by atoms with Gasteiger partial charge in [0.1, 0.15) is 0 Å². The summed E-state index contributed by atoms with van der Waals surface area (Å²) in [5.41, 5.74) is 6.96. The highest BCUT2D eigenvalue weighted by Gasteiger charge is 2.27. The van der Waals surface area contributed by atoms with Crippen LogP contribution in [0.3, 0.4) is 0 Å². The number of Topliss-reactive ketones (excluding diaryl/α,β-unsaturated/α-hetero) is 1. The molecule has 0 aliphatic heterocycles. The Morgan fingerprint density at radius 1 is 0.675 bits per heavy atom. The number of carbonyl (C=O) groups is 2. The average molecular weight is 531 g/mol. The zero-order valence-electron chi connectivity index (χ0n) is 23.6. The molecule has 1 amide bonds. The van der Waals surface area contributed by atoms with Gasteiger partial charge in [-0.15, -0.1) is 0 Å². The number of rotatable bonds is 9. The maximum Gasteiger partial charge on any atom is 0.230 e. The first-order chi connectivity index (χ1) is 19.5. The molecule has 0 bridgehead atoms. The molecule has 0 atom stereocenters. The predicted molar refractivity (Wildman–Crippen MR) is 165 cm³/mol. The molecule has 0 aromatic heterocycles. The van der Waals surface area contributed by atoms with Gasteiger partial charge in [0.15, 0.2) is 5.78 Å². The number of benzene rings is 4. The Kier molecular flexibility index (Phi) is 8.75. The molecule has 0 unspecified atom stereocenters. The maximum atomic E-state index is 13.9. The lowest BCUT2D eigenvalue weighted by Gasteiger charge is -2.30. The van der Waals surface area contributed by atoms with Gasteiger partial charge in [0.25, 0.3) is 0 Å². The Labute approximate surface area is 238 Å².